The normalized spacial score (nSPS) is 11.9. The molecule has 0 N–H and O–H groups in total. The Labute approximate surface area is 149 Å². The van der Waals surface area contributed by atoms with E-state index in [4.69, 9.17) is 16.3 Å². The van der Waals surface area contributed by atoms with E-state index in [1.165, 1.54) is 0 Å². The summed E-state index contributed by atoms with van der Waals surface area (Å²) >= 11 is 7.52. The first-order valence-electron chi connectivity index (χ1n) is 7.40. The minimum Gasteiger partial charge on any atom is -0.467 e. The fourth-order valence-corrected chi connectivity index (χ4v) is 3.59. The summed E-state index contributed by atoms with van der Waals surface area (Å²) in [6.45, 7) is 0.761. The SMILES string of the molecule is O=COCC(c1ccncc1)c1scnc1Cc1ccc(Cl)cc1. The second-order valence-electron chi connectivity index (χ2n) is 5.23. The fraction of sp³-hybridized carbons (Fsp3) is 0.167. The molecule has 0 aliphatic carbocycles. The third-order valence-corrected chi connectivity index (χ3v) is 4.95. The lowest BCUT2D eigenvalue weighted by molar-refractivity contribution is -0.128. The van der Waals surface area contributed by atoms with E-state index in [9.17, 15) is 4.79 Å². The molecule has 3 rings (SSSR count). The van der Waals surface area contributed by atoms with Gasteiger partial charge in [-0.15, -0.1) is 11.3 Å². The molecule has 0 amide bonds. The minimum absolute atomic E-state index is 0.0481. The van der Waals surface area contributed by atoms with Crippen molar-refractivity contribution in [2.75, 3.05) is 6.61 Å². The Kier molecular flexibility index (Phi) is 5.56. The van der Waals surface area contributed by atoms with Gasteiger partial charge in [0.05, 0.1) is 17.1 Å². The van der Waals surface area contributed by atoms with E-state index in [1.807, 2.05) is 41.9 Å². The summed E-state index contributed by atoms with van der Waals surface area (Å²) in [5.74, 6) is -0.0481. The van der Waals surface area contributed by atoms with Crippen molar-refractivity contribution < 1.29 is 9.53 Å². The molecule has 0 spiro atoms. The first kappa shape index (κ1) is 16.6. The summed E-state index contributed by atoms with van der Waals surface area (Å²) in [6.07, 6.45) is 4.19. The number of pyridine rings is 1. The van der Waals surface area contributed by atoms with Gasteiger partial charge >= 0.3 is 0 Å². The molecular weight excluding hydrogens is 344 g/mol. The van der Waals surface area contributed by atoms with Crippen molar-refractivity contribution >= 4 is 29.4 Å². The number of hydrogen-bond acceptors (Lipinski definition) is 5. The van der Waals surface area contributed by atoms with Gasteiger partial charge in [-0.05, 0) is 35.4 Å². The highest BCUT2D eigenvalue weighted by Crippen LogP contribution is 2.31. The Morgan fingerprint density at radius 1 is 1.17 bits per heavy atom. The largest absolute Gasteiger partial charge is 0.467 e. The third-order valence-electron chi connectivity index (χ3n) is 3.71. The summed E-state index contributed by atoms with van der Waals surface area (Å²) in [6, 6.07) is 11.6. The maximum absolute atomic E-state index is 10.7. The highest BCUT2D eigenvalue weighted by Gasteiger charge is 2.21. The van der Waals surface area contributed by atoms with Crippen molar-refractivity contribution in [2.24, 2.45) is 0 Å². The first-order valence-corrected chi connectivity index (χ1v) is 8.65. The predicted molar refractivity (Wildman–Crippen MR) is 94.5 cm³/mol. The Balaban J connectivity index is 1.90. The van der Waals surface area contributed by atoms with Gasteiger partial charge in [0.25, 0.3) is 6.47 Å². The number of carbonyl (C=O) groups excluding carboxylic acids is 1. The quantitative estimate of drug-likeness (QED) is 0.597. The lowest BCUT2D eigenvalue weighted by Crippen LogP contribution is -2.10. The summed E-state index contributed by atoms with van der Waals surface area (Å²) in [7, 11) is 0. The Morgan fingerprint density at radius 3 is 2.62 bits per heavy atom. The van der Waals surface area contributed by atoms with Gasteiger partial charge in [0, 0.05) is 28.7 Å². The molecular formula is C18H15ClN2O2S. The van der Waals surface area contributed by atoms with Crippen LogP contribution in [0.5, 0.6) is 0 Å². The molecule has 1 aromatic carbocycles. The van der Waals surface area contributed by atoms with Gasteiger partial charge in [-0.3, -0.25) is 9.78 Å². The molecule has 0 saturated carbocycles. The molecule has 0 bridgehead atoms. The van der Waals surface area contributed by atoms with Crippen LogP contribution in [0.15, 0.2) is 54.3 Å². The highest BCUT2D eigenvalue weighted by atomic mass is 35.5. The molecule has 0 fully saturated rings. The second kappa shape index (κ2) is 8.04. The molecule has 6 heteroatoms. The number of hydrogen-bond donors (Lipinski definition) is 0. The maximum atomic E-state index is 10.7. The van der Waals surface area contributed by atoms with Gasteiger partial charge in [-0.25, -0.2) is 4.98 Å². The van der Waals surface area contributed by atoms with E-state index in [0.29, 0.717) is 17.9 Å². The summed E-state index contributed by atoms with van der Waals surface area (Å²) in [5, 5.41) is 0.714. The van der Waals surface area contributed by atoms with Crippen molar-refractivity contribution in [3.05, 3.63) is 81.0 Å². The van der Waals surface area contributed by atoms with Crippen molar-refractivity contribution in [1.29, 1.82) is 0 Å². The van der Waals surface area contributed by atoms with Gasteiger partial charge < -0.3 is 4.74 Å². The summed E-state index contributed by atoms with van der Waals surface area (Å²) in [5.41, 5.74) is 5.00. The first-order chi connectivity index (χ1) is 11.8. The van der Waals surface area contributed by atoms with Gasteiger partial charge in [0.2, 0.25) is 0 Å². The lowest BCUT2D eigenvalue weighted by Gasteiger charge is -2.16. The minimum atomic E-state index is -0.0481. The van der Waals surface area contributed by atoms with Crippen LogP contribution in [-0.4, -0.2) is 23.0 Å². The van der Waals surface area contributed by atoms with Crippen LogP contribution in [0.4, 0.5) is 0 Å². The van der Waals surface area contributed by atoms with Crippen molar-refractivity contribution in [3.63, 3.8) is 0 Å². The molecule has 4 nitrogen and oxygen atoms in total. The van der Waals surface area contributed by atoms with Crippen LogP contribution in [0.25, 0.3) is 0 Å². The molecule has 24 heavy (non-hydrogen) atoms. The van der Waals surface area contributed by atoms with Gasteiger partial charge in [0.1, 0.15) is 6.61 Å². The molecule has 1 unspecified atom stereocenters. The Morgan fingerprint density at radius 2 is 1.92 bits per heavy atom. The van der Waals surface area contributed by atoms with Gasteiger partial charge in [-0.2, -0.15) is 0 Å². The number of nitrogens with zero attached hydrogens (tertiary/aromatic N) is 2. The number of carbonyl (C=O) groups is 1. The van der Waals surface area contributed by atoms with Gasteiger partial charge in [0.15, 0.2) is 0 Å². The van der Waals surface area contributed by atoms with E-state index in [2.05, 4.69) is 9.97 Å². The molecule has 3 aromatic rings. The van der Waals surface area contributed by atoms with Gasteiger partial charge in [-0.1, -0.05) is 23.7 Å². The average molecular weight is 359 g/mol. The number of rotatable bonds is 7. The topological polar surface area (TPSA) is 52.1 Å². The summed E-state index contributed by atoms with van der Waals surface area (Å²) < 4.78 is 5.06. The van der Waals surface area contributed by atoms with E-state index >= 15 is 0 Å². The molecule has 2 aromatic heterocycles. The van der Waals surface area contributed by atoms with Crippen LogP contribution in [0.3, 0.4) is 0 Å². The molecule has 0 aliphatic heterocycles. The monoisotopic (exact) mass is 358 g/mol. The summed E-state index contributed by atoms with van der Waals surface area (Å²) in [4.78, 5) is 20.3. The maximum Gasteiger partial charge on any atom is 0.293 e. The van der Waals surface area contributed by atoms with Crippen LogP contribution in [-0.2, 0) is 16.0 Å². The van der Waals surface area contributed by atoms with Crippen molar-refractivity contribution in [1.82, 2.24) is 9.97 Å². The van der Waals surface area contributed by atoms with E-state index < -0.39 is 0 Å². The van der Waals surface area contributed by atoms with E-state index in [0.717, 1.165) is 21.7 Å². The second-order valence-corrected chi connectivity index (χ2v) is 6.55. The Bertz CT molecular complexity index is 790. The predicted octanol–water partition coefficient (Wildman–Crippen LogP) is 4.09. The zero-order valence-corrected chi connectivity index (χ0v) is 14.3. The fourth-order valence-electron chi connectivity index (χ4n) is 2.54. The molecule has 0 aliphatic rings. The van der Waals surface area contributed by atoms with Crippen molar-refractivity contribution in [2.45, 2.75) is 12.3 Å². The number of halogens is 1. The van der Waals surface area contributed by atoms with Crippen molar-refractivity contribution in [3.8, 4) is 0 Å². The molecule has 0 saturated heterocycles. The molecule has 2 heterocycles. The number of ether oxygens (including phenoxy) is 1. The molecule has 122 valence electrons. The van der Waals surface area contributed by atoms with Crippen LogP contribution in [0, 0.1) is 0 Å². The van der Waals surface area contributed by atoms with Crippen LogP contribution in [0.1, 0.15) is 27.6 Å². The van der Waals surface area contributed by atoms with E-state index in [1.54, 1.807) is 23.7 Å². The van der Waals surface area contributed by atoms with Crippen LogP contribution < -0.4 is 0 Å². The van der Waals surface area contributed by atoms with Crippen LogP contribution in [0.2, 0.25) is 5.02 Å². The standard InChI is InChI=1S/C18H15ClN2O2S/c19-15-3-1-13(2-4-15)9-17-18(24-11-21-17)16(10-23-12-22)14-5-7-20-8-6-14/h1-8,11-12,16H,9-10H2. The van der Waals surface area contributed by atoms with E-state index in [-0.39, 0.29) is 12.5 Å². The Hall–Kier alpha value is -2.24. The third kappa shape index (κ3) is 3.99. The molecule has 0 radical (unpaired) electrons. The average Bonchev–Trinajstić information content (AvgIpc) is 3.06. The van der Waals surface area contributed by atoms with Crippen LogP contribution >= 0.6 is 22.9 Å². The lowest BCUT2D eigenvalue weighted by atomic mass is 9.96. The molecule has 1 atom stereocenters. The highest BCUT2D eigenvalue weighted by molar-refractivity contribution is 7.09. The zero-order valence-electron chi connectivity index (χ0n) is 12.8. The smallest absolute Gasteiger partial charge is 0.293 e. The zero-order chi connectivity index (χ0) is 16.8. The number of aromatic nitrogens is 2. The number of thiazole rings is 1. The number of benzene rings is 1.